The highest BCUT2D eigenvalue weighted by Crippen LogP contribution is 2.39. The second-order valence-corrected chi connectivity index (χ2v) is 9.71. The molecule has 29 heavy (non-hydrogen) atoms. The summed E-state index contributed by atoms with van der Waals surface area (Å²) in [4.78, 5) is 6.15. The molecule has 4 rings (SSSR count). The fourth-order valence-corrected chi connectivity index (χ4v) is 5.87. The van der Waals surface area contributed by atoms with Gasteiger partial charge < -0.3 is 5.11 Å². The van der Waals surface area contributed by atoms with Crippen LogP contribution in [0.5, 0.6) is 0 Å². The van der Waals surface area contributed by atoms with E-state index in [9.17, 15) is 13.7 Å². The number of hydrogen-bond donors (Lipinski definition) is 1. The monoisotopic (exact) mass is 416 g/mol. The van der Waals surface area contributed by atoms with E-state index >= 15 is 0 Å². The number of hydrogen-bond acceptors (Lipinski definition) is 4. The Balaban J connectivity index is 1.76. The Morgan fingerprint density at radius 1 is 1.10 bits per heavy atom. The maximum atomic E-state index is 13.9. The molecule has 2 aromatic carbocycles. The predicted molar refractivity (Wildman–Crippen MR) is 113 cm³/mol. The third kappa shape index (κ3) is 4.17. The Morgan fingerprint density at radius 3 is 2.55 bits per heavy atom. The van der Waals surface area contributed by atoms with Crippen LogP contribution in [0.1, 0.15) is 42.5 Å². The molecule has 156 valence electrons. The molecule has 0 bridgehead atoms. The van der Waals surface area contributed by atoms with Gasteiger partial charge in [0.1, 0.15) is 5.82 Å². The summed E-state index contributed by atoms with van der Waals surface area (Å²) in [6, 6.07) is 11.1. The summed E-state index contributed by atoms with van der Waals surface area (Å²) >= 11 is 0. The van der Waals surface area contributed by atoms with E-state index in [0.717, 1.165) is 48.6 Å². The van der Waals surface area contributed by atoms with Crippen LogP contribution in [0.3, 0.4) is 0 Å². The molecule has 1 N–H and O–H groups in total. The van der Waals surface area contributed by atoms with Gasteiger partial charge in [0.05, 0.1) is 17.4 Å². The molecular formula is C23H29FN2O2S. The average molecular weight is 417 g/mol. The minimum absolute atomic E-state index is 0.121. The van der Waals surface area contributed by atoms with E-state index in [4.69, 9.17) is 0 Å². The van der Waals surface area contributed by atoms with Gasteiger partial charge in [-0.05, 0) is 47.2 Å². The zero-order chi connectivity index (χ0) is 20.5. The van der Waals surface area contributed by atoms with Crippen molar-refractivity contribution >= 4 is 10.8 Å². The highest BCUT2D eigenvalue weighted by atomic mass is 32.2. The van der Waals surface area contributed by atoms with Gasteiger partial charge >= 0.3 is 0 Å². The predicted octanol–water partition coefficient (Wildman–Crippen LogP) is 3.32. The topological polar surface area (TPSA) is 43.8 Å². The molecule has 6 heteroatoms. The van der Waals surface area contributed by atoms with Crippen molar-refractivity contribution in [3.63, 3.8) is 0 Å². The molecule has 2 heterocycles. The molecular weight excluding hydrogens is 387 g/mol. The molecule has 2 atom stereocenters. The second kappa shape index (κ2) is 8.64. The number of aliphatic hydroxyl groups excluding tert-OH is 1. The molecule has 4 nitrogen and oxygen atoms in total. The van der Waals surface area contributed by atoms with Crippen molar-refractivity contribution in [3.05, 3.63) is 58.9 Å². The van der Waals surface area contributed by atoms with Crippen LogP contribution >= 0.6 is 0 Å². The normalized spacial score (nSPS) is 22.9. The van der Waals surface area contributed by atoms with Crippen LogP contribution in [0.25, 0.3) is 0 Å². The number of nitrogens with zero attached hydrogens (tertiary/aromatic N) is 2. The summed E-state index contributed by atoms with van der Waals surface area (Å²) in [5.74, 6) is 0.0485. The molecule has 2 aliphatic heterocycles. The van der Waals surface area contributed by atoms with Gasteiger partial charge in [0.15, 0.2) is 0 Å². The number of rotatable bonds is 4. The molecule has 0 amide bonds. The lowest BCUT2D eigenvalue weighted by molar-refractivity contribution is 0.0823. The highest BCUT2D eigenvalue weighted by Gasteiger charge is 2.32. The van der Waals surface area contributed by atoms with E-state index in [-0.39, 0.29) is 18.5 Å². The Kier molecular flexibility index (Phi) is 6.16. The summed E-state index contributed by atoms with van der Waals surface area (Å²) in [7, 11) is -1.38. The van der Waals surface area contributed by atoms with Gasteiger partial charge in [0.25, 0.3) is 0 Å². The molecule has 0 aliphatic carbocycles. The van der Waals surface area contributed by atoms with E-state index < -0.39 is 10.8 Å². The first-order valence-electron chi connectivity index (χ1n) is 10.4. The minimum atomic E-state index is -1.38. The quantitative estimate of drug-likeness (QED) is 0.831. The molecule has 2 aromatic rings. The molecule has 1 fully saturated rings. The van der Waals surface area contributed by atoms with E-state index in [0.29, 0.717) is 17.4 Å². The van der Waals surface area contributed by atoms with Crippen molar-refractivity contribution in [2.45, 2.75) is 42.0 Å². The van der Waals surface area contributed by atoms with Gasteiger partial charge in [-0.25, -0.2) is 8.60 Å². The van der Waals surface area contributed by atoms with Crippen molar-refractivity contribution in [3.8, 4) is 0 Å². The van der Waals surface area contributed by atoms with Gasteiger partial charge in [0.2, 0.25) is 0 Å². The number of aliphatic hydroxyl groups is 1. The fraction of sp³-hybridized carbons (Fsp3) is 0.478. The minimum Gasteiger partial charge on any atom is -0.395 e. The first kappa shape index (κ1) is 20.7. The van der Waals surface area contributed by atoms with Crippen LogP contribution in [-0.4, -0.2) is 58.4 Å². The summed E-state index contributed by atoms with van der Waals surface area (Å²) in [5, 5.41) is 9.22. The lowest BCUT2D eigenvalue weighted by Crippen LogP contribution is -2.48. The van der Waals surface area contributed by atoms with Crippen LogP contribution in [0.4, 0.5) is 4.39 Å². The smallest absolute Gasteiger partial charge is 0.124 e. The molecule has 0 aromatic heterocycles. The zero-order valence-corrected chi connectivity index (χ0v) is 17.9. The van der Waals surface area contributed by atoms with Gasteiger partial charge in [-0.2, -0.15) is 0 Å². The maximum absolute atomic E-state index is 13.9. The first-order chi connectivity index (χ1) is 14.0. The zero-order valence-electron chi connectivity index (χ0n) is 17.1. The van der Waals surface area contributed by atoms with E-state index in [1.165, 1.54) is 17.7 Å². The summed E-state index contributed by atoms with van der Waals surface area (Å²) in [6.07, 6.45) is 0.732. The molecule has 0 radical (unpaired) electrons. The highest BCUT2D eigenvalue weighted by molar-refractivity contribution is 7.85. The molecule has 0 unspecified atom stereocenters. The van der Waals surface area contributed by atoms with Crippen LogP contribution < -0.4 is 0 Å². The van der Waals surface area contributed by atoms with Crippen molar-refractivity contribution in [2.24, 2.45) is 0 Å². The fourth-order valence-electron chi connectivity index (χ4n) is 4.43. The largest absolute Gasteiger partial charge is 0.395 e. The standard InChI is InChI=1S/C23H29FN2O2S/c1-16(2)17-4-6-22-20(13-17)21(26-9-7-25(8-10-26)11-12-27)14-18-3-5-19(24)15-23(18)29(22)28/h3-6,13,15-16,21,27H,7-12,14H2,1-2H3/t21-,29-/m1/s1. The molecule has 0 spiro atoms. The van der Waals surface area contributed by atoms with Gasteiger partial charge in [-0.1, -0.05) is 32.0 Å². The number of benzene rings is 2. The molecule has 0 saturated carbocycles. The van der Waals surface area contributed by atoms with Gasteiger partial charge in [-0.3, -0.25) is 9.80 Å². The van der Waals surface area contributed by atoms with Crippen LogP contribution in [-0.2, 0) is 17.2 Å². The maximum Gasteiger partial charge on any atom is 0.124 e. The van der Waals surface area contributed by atoms with Crippen molar-refractivity contribution in [1.29, 1.82) is 0 Å². The molecule has 1 saturated heterocycles. The summed E-state index contributed by atoms with van der Waals surface area (Å²) < 4.78 is 27.4. The third-order valence-corrected chi connectivity index (χ3v) is 7.72. The lowest BCUT2D eigenvalue weighted by Gasteiger charge is -2.39. The van der Waals surface area contributed by atoms with Gasteiger partial charge in [0, 0.05) is 48.6 Å². The van der Waals surface area contributed by atoms with Crippen LogP contribution in [0.2, 0.25) is 0 Å². The van der Waals surface area contributed by atoms with Crippen molar-refractivity contribution in [1.82, 2.24) is 9.80 Å². The number of fused-ring (bicyclic) bond motifs is 2. The Hall–Kier alpha value is -1.60. The van der Waals surface area contributed by atoms with E-state index in [2.05, 4.69) is 35.8 Å². The van der Waals surface area contributed by atoms with Gasteiger partial charge in [-0.15, -0.1) is 0 Å². The number of piperazine rings is 1. The lowest BCUT2D eigenvalue weighted by atomic mass is 9.93. The third-order valence-electron chi connectivity index (χ3n) is 6.17. The van der Waals surface area contributed by atoms with E-state index in [1.54, 1.807) is 6.07 Å². The van der Waals surface area contributed by atoms with Crippen LogP contribution in [0, 0.1) is 5.82 Å². The second-order valence-electron chi connectivity index (χ2n) is 8.29. The summed E-state index contributed by atoms with van der Waals surface area (Å²) in [5.41, 5.74) is 3.32. The average Bonchev–Trinajstić information content (AvgIpc) is 2.84. The van der Waals surface area contributed by atoms with Crippen molar-refractivity contribution in [2.75, 3.05) is 39.3 Å². The molecule has 2 aliphatic rings. The Morgan fingerprint density at radius 2 is 1.86 bits per heavy atom. The number of halogens is 1. The number of β-amino-alcohol motifs (C(OH)–C–C–N with tert-alkyl or cyclic N) is 1. The first-order valence-corrected chi connectivity index (χ1v) is 11.5. The Bertz CT molecular complexity index is 910. The Labute approximate surface area is 174 Å². The summed E-state index contributed by atoms with van der Waals surface area (Å²) in [6.45, 7) is 8.86. The van der Waals surface area contributed by atoms with Crippen LogP contribution in [0.15, 0.2) is 46.2 Å². The van der Waals surface area contributed by atoms with E-state index in [1.807, 2.05) is 6.07 Å². The SMILES string of the molecule is CC(C)c1ccc2c(c1)[C@H](N1CCN(CCO)CC1)Cc1ccc(F)cc1[S@@]2=O. The van der Waals surface area contributed by atoms with Crippen molar-refractivity contribution < 1.29 is 13.7 Å².